The van der Waals surface area contributed by atoms with Crippen LogP contribution < -0.4 is 10.2 Å². The molecule has 1 amide bonds. The molecule has 1 aliphatic rings. The molecule has 0 aliphatic carbocycles. The number of thiazole rings is 1. The second-order valence-corrected chi connectivity index (χ2v) is 11.3. The molecular weight excluding hydrogens is 444 g/mol. The average molecular weight is 473 g/mol. The average Bonchev–Trinajstić information content (AvgIpc) is 3.22. The molecule has 0 saturated carbocycles. The smallest absolute Gasteiger partial charge is 0.251 e. The Kier molecular flexibility index (Phi) is 6.78. The Morgan fingerprint density at radius 3 is 2.66 bits per heavy atom. The number of piperazine rings is 1. The van der Waals surface area contributed by atoms with E-state index in [2.05, 4.69) is 40.2 Å². The van der Waals surface area contributed by atoms with Gasteiger partial charge in [-0.2, -0.15) is 0 Å². The maximum atomic E-state index is 12.5. The molecule has 0 unspecified atom stereocenters. The zero-order chi connectivity index (χ0) is 22.7. The number of nitrogens with one attached hydrogen (secondary N) is 1. The quantitative estimate of drug-likeness (QED) is 0.569. The molecule has 9 heteroatoms. The first-order valence-corrected chi connectivity index (χ1v) is 13.3. The number of fused-ring (bicyclic) bond motifs is 1. The van der Waals surface area contributed by atoms with Crippen LogP contribution in [0.2, 0.25) is 0 Å². The molecule has 1 fully saturated rings. The molecule has 1 aromatic heterocycles. The van der Waals surface area contributed by atoms with E-state index in [1.54, 1.807) is 30.4 Å². The topological polar surface area (TPSA) is 82.6 Å². The summed E-state index contributed by atoms with van der Waals surface area (Å²) in [5, 5.41) is 3.98. The minimum atomic E-state index is -3.33. The van der Waals surface area contributed by atoms with Gasteiger partial charge in [-0.3, -0.25) is 9.69 Å². The molecule has 0 radical (unpaired) electrons. The summed E-state index contributed by atoms with van der Waals surface area (Å²) < 4.78 is 25.3. The van der Waals surface area contributed by atoms with E-state index in [1.165, 1.54) is 22.4 Å². The molecule has 170 valence electrons. The summed E-state index contributed by atoms with van der Waals surface area (Å²) >= 11 is 1.74. The third-order valence-corrected chi connectivity index (χ3v) is 8.54. The molecule has 1 N–H and O–H groups in total. The number of aryl methyl sites for hydroxylation is 1. The number of aromatic nitrogens is 1. The van der Waals surface area contributed by atoms with Gasteiger partial charge in [0.25, 0.3) is 5.91 Å². The largest absolute Gasteiger partial charge is 0.351 e. The van der Waals surface area contributed by atoms with Crippen molar-refractivity contribution in [2.75, 3.05) is 49.9 Å². The van der Waals surface area contributed by atoms with Crippen LogP contribution in [0.1, 0.15) is 22.8 Å². The number of carbonyl (C=O) groups excluding carboxylic acids is 1. The van der Waals surface area contributed by atoms with Gasteiger partial charge in [-0.15, -0.1) is 0 Å². The molecule has 2 heterocycles. The molecule has 7 nitrogen and oxygen atoms in total. The first-order valence-electron chi connectivity index (χ1n) is 10.8. The maximum absolute atomic E-state index is 12.5. The standard InChI is InChI=1S/C23H28N4O3S2/c1-3-32(29,30)19-6-4-5-18(16-19)22(28)24-9-10-26-11-13-27(14-12-26)23-25-20-8-7-17(2)15-21(20)31-23/h4-8,15-16H,3,9-14H2,1-2H3,(H,24,28). The molecule has 0 atom stereocenters. The summed E-state index contributed by atoms with van der Waals surface area (Å²) in [6.07, 6.45) is 0. The number of nitrogens with zero attached hydrogens (tertiary/aromatic N) is 3. The fourth-order valence-corrected chi connectivity index (χ4v) is 5.79. The molecule has 1 saturated heterocycles. The third-order valence-electron chi connectivity index (χ3n) is 5.72. The molecule has 0 spiro atoms. The summed E-state index contributed by atoms with van der Waals surface area (Å²) in [5.41, 5.74) is 2.67. The molecule has 4 rings (SSSR count). The number of carbonyl (C=O) groups is 1. The fraction of sp³-hybridized carbons (Fsp3) is 0.391. The highest BCUT2D eigenvalue weighted by Gasteiger charge is 2.20. The Labute approximate surface area is 193 Å². The normalized spacial score (nSPS) is 15.2. The van der Waals surface area contributed by atoms with Crippen LogP contribution in [0.5, 0.6) is 0 Å². The van der Waals surface area contributed by atoms with E-state index < -0.39 is 9.84 Å². The summed E-state index contributed by atoms with van der Waals surface area (Å²) in [7, 11) is -3.33. The summed E-state index contributed by atoms with van der Waals surface area (Å²) in [5.74, 6) is -0.234. The van der Waals surface area contributed by atoms with Crippen molar-refractivity contribution in [2.24, 2.45) is 0 Å². The predicted molar refractivity (Wildman–Crippen MR) is 130 cm³/mol. The number of rotatable bonds is 7. The molecule has 32 heavy (non-hydrogen) atoms. The van der Waals surface area contributed by atoms with Gasteiger partial charge in [0.1, 0.15) is 0 Å². The highest BCUT2D eigenvalue weighted by Crippen LogP contribution is 2.30. The molecule has 3 aromatic rings. The van der Waals surface area contributed by atoms with E-state index in [0.717, 1.165) is 43.4 Å². The van der Waals surface area contributed by atoms with E-state index in [9.17, 15) is 13.2 Å². The zero-order valence-electron chi connectivity index (χ0n) is 18.4. The number of sulfone groups is 1. The van der Waals surface area contributed by atoms with Crippen molar-refractivity contribution in [1.82, 2.24) is 15.2 Å². The van der Waals surface area contributed by atoms with E-state index in [-0.39, 0.29) is 16.6 Å². The van der Waals surface area contributed by atoms with Gasteiger partial charge in [0.15, 0.2) is 15.0 Å². The maximum Gasteiger partial charge on any atom is 0.251 e. The van der Waals surface area contributed by atoms with Crippen molar-refractivity contribution >= 4 is 42.4 Å². The van der Waals surface area contributed by atoms with E-state index in [1.807, 2.05) is 0 Å². The number of hydrogen-bond donors (Lipinski definition) is 1. The number of hydrogen-bond acceptors (Lipinski definition) is 7. The molecule has 1 aliphatic heterocycles. The summed E-state index contributed by atoms with van der Waals surface area (Å²) in [6.45, 7) is 8.60. The van der Waals surface area contributed by atoms with Crippen molar-refractivity contribution in [3.8, 4) is 0 Å². The van der Waals surface area contributed by atoms with Gasteiger partial charge in [0, 0.05) is 44.8 Å². The van der Waals surface area contributed by atoms with Crippen molar-refractivity contribution < 1.29 is 13.2 Å². The number of amides is 1. The second kappa shape index (κ2) is 9.56. The van der Waals surface area contributed by atoms with Gasteiger partial charge >= 0.3 is 0 Å². The van der Waals surface area contributed by atoms with Crippen molar-refractivity contribution in [2.45, 2.75) is 18.7 Å². The Balaban J connectivity index is 1.26. The van der Waals surface area contributed by atoms with Gasteiger partial charge in [-0.1, -0.05) is 30.4 Å². The Morgan fingerprint density at radius 1 is 1.12 bits per heavy atom. The van der Waals surface area contributed by atoms with Crippen LogP contribution in [0.25, 0.3) is 10.2 Å². The van der Waals surface area contributed by atoms with E-state index >= 15 is 0 Å². The fourth-order valence-electron chi connectivity index (χ4n) is 3.74. The SMILES string of the molecule is CCS(=O)(=O)c1cccc(C(=O)NCCN2CCN(c3nc4ccc(C)cc4s3)CC2)c1. The van der Waals surface area contributed by atoms with E-state index in [0.29, 0.717) is 12.1 Å². The molecule has 2 aromatic carbocycles. The lowest BCUT2D eigenvalue weighted by atomic mass is 10.2. The number of benzene rings is 2. The monoisotopic (exact) mass is 472 g/mol. The van der Waals surface area contributed by atoms with Gasteiger partial charge in [-0.25, -0.2) is 13.4 Å². The van der Waals surface area contributed by atoms with Gasteiger partial charge in [0.2, 0.25) is 0 Å². The van der Waals surface area contributed by atoms with Crippen LogP contribution >= 0.6 is 11.3 Å². The molecular formula is C23H28N4O3S2. The zero-order valence-corrected chi connectivity index (χ0v) is 20.0. The lowest BCUT2D eigenvalue weighted by Gasteiger charge is -2.34. The lowest BCUT2D eigenvalue weighted by molar-refractivity contribution is 0.0947. The second-order valence-electron chi connectivity index (χ2n) is 7.98. The highest BCUT2D eigenvalue weighted by molar-refractivity contribution is 7.91. The Morgan fingerprint density at radius 2 is 1.91 bits per heavy atom. The van der Waals surface area contributed by atoms with Crippen molar-refractivity contribution in [3.63, 3.8) is 0 Å². The number of anilines is 1. The lowest BCUT2D eigenvalue weighted by Crippen LogP contribution is -2.48. The van der Waals surface area contributed by atoms with Crippen LogP contribution in [0, 0.1) is 6.92 Å². The summed E-state index contributed by atoms with van der Waals surface area (Å²) in [6, 6.07) is 12.6. The molecule has 0 bridgehead atoms. The van der Waals surface area contributed by atoms with Gasteiger partial charge in [-0.05, 0) is 42.8 Å². The minimum absolute atomic E-state index is 0.0146. The van der Waals surface area contributed by atoms with Crippen LogP contribution in [0.4, 0.5) is 5.13 Å². The Hall–Kier alpha value is -2.49. The van der Waals surface area contributed by atoms with Crippen molar-refractivity contribution in [3.05, 3.63) is 53.6 Å². The van der Waals surface area contributed by atoms with Crippen molar-refractivity contribution in [1.29, 1.82) is 0 Å². The van der Waals surface area contributed by atoms with Crippen LogP contribution in [-0.2, 0) is 9.84 Å². The third kappa shape index (κ3) is 5.11. The van der Waals surface area contributed by atoms with Crippen LogP contribution in [0.3, 0.4) is 0 Å². The van der Waals surface area contributed by atoms with Crippen LogP contribution in [-0.4, -0.2) is 69.2 Å². The minimum Gasteiger partial charge on any atom is -0.351 e. The van der Waals surface area contributed by atoms with Gasteiger partial charge in [0.05, 0.1) is 20.9 Å². The summed E-state index contributed by atoms with van der Waals surface area (Å²) in [4.78, 5) is 22.1. The van der Waals surface area contributed by atoms with Crippen LogP contribution in [0.15, 0.2) is 47.4 Å². The van der Waals surface area contributed by atoms with Gasteiger partial charge < -0.3 is 10.2 Å². The van der Waals surface area contributed by atoms with E-state index in [4.69, 9.17) is 4.98 Å². The first-order chi connectivity index (χ1) is 15.4. The highest BCUT2D eigenvalue weighted by atomic mass is 32.2. The first kappa shape index (κ1) is 22.7. The Bertz CT molecular complexity index is 1210. The predicted octanol–water partition coefficient (Wildman–Crippen LogP) is 2.95.